The van der Waals surface area contributed by atoms with Crippen molar-refractivity contribution in [2.24, 2.45) is 5.73 Å². The van der Waals surface area contributed by atoms with Gasteiger partial charge in [0.15, 0.2) is 0 Å². The van der Waals surface area contributed by atoms with E-state index in [4.69, 9.17) is 11.1 Å². The molecule has 28 heavy (non-hydrogen) atoms. The molecular formula is C20H21FN4O3. The number of rotatable bonds is 6. The number of esters is 1. The number of carbonyl (C=O) groups excluding carboxylic acids is 2. The normalized spacial score (nSPS) is 13.7. The van der Waals surface area contributed by atoms with Crippen LogP contribution in [0, 0.1) is 11.2 Å². The second-order valence-electron chi connectivity index (χ2n) is 6.40. The first-order valence-corrected chi connectivity index (χ1v) is 8.78. The largest absolute Gasteiger partial charge is 0.469 e. The van der Waals surface area contributed by atoms with Gasteiger partial charge in [0.2, 0.25) is 0 Å². The van der Waals surface area contributed by atoms with Crippen LogP contribution >= 0.6 is 0 Å². The third-order valence-corrected chi connectivity index (χ3v) is 4.68. The fraction of sp³-hybridized carbons (Fsp3) is 0.250. The van der Waals surface area contributed by atoms with Gasteiger partial charge in [0, 0.05) is 25.3 Å². The molecule has 1 heterocycles. The molecule has 1 fully saturated rings. The quantitative estimate of drug-likeness (QED) is 0.454. The minimum Gasteiger partial charge on any atom is -0.469 e. The molecule has 1 aliphatic heterocycles. The number of anilines is 1. The predicted molar refractivity (Wildman–Crippen MR) is 104 cm³/mol. The van der Waals surface area contributed by atoms with Crippen LogP contribution in [0.1, 0.15) is 12.0 Å². The van der Waals surface area contributed by atoms with Gasteiger partial charge in [0.05, 0.1) is 19.1 Å². The van der Waals surface area contributed by atoms with Gasteiger partial charge in [-0.1, -0.05) is 18.2 Å². The lowest BCUT2D eigenvalue weighted by Crippen LogP contribution is -2.33. The Morgan fingerprint density at radius 1 is 1.18 bits per heavy atom. The number of carbonyl (C=O) groups is 2. The van der Waals surface area contributed by atoms with E-state index in [1.54, 1.807) is 28.0 Å². The summed E-state index contributed by atoms with van der Waals surface area (Å²) < 4.78 is 18.7. The number of nitrogen functional groups attached to an aromatic ring is 1. The van der Waals surface area contributed by atoms with Crippen molar-refractivity contribution in [1.29, 1.82) is 5.41 Å². The fourth-order valence-electron chi connectivity index (χ4n) is 3.10. The zero-order valence-corrected chi connectivity index (χ0v) is 15.4. The van der Waals surface area contributed by atoms with Crippen molar-refractivity contribution in [3.05, 3.63) is 53.8 Å². The average molecular weight is 384 g/mol. The minimum atomic E-state index is -0.551. The zero-order chi connectivity index (χ0) is 20.3. The summed E-state index contributed by atoms with van der Waals surface area (Å²) in [6, 6.07) is 11.6. The molecule has 1 aliphatic rings. The van der Waals surface area contributed by atoms with Crippen molar-refractivity contribution in [3.63, 3.8) is 0 Å². The maximum atomic E-state index is 14.0. The average Bonchev–Trinajstić information content (AvgIpc) is 3.06. The Morgan fingerprint density at radius 2 is 1.86 bits per heavy atom. The Hall–Kier alpha value is -3.42. The molecule has 2 aromatic carbocycles. The monoisotopic (exact) mass is 384 g/mol. The molecule has 0 spiro atoms. The fourth-order valence-corrected chi connectivity index (χ4v) is 3.10. The summed E-state index contributed by atoms with van der Waals surface area (Å²) in [6.45, 7) is 1.39. The number of nitrogens with two attached hydrogens (primary N) is 1. The first-order valence-electron chi connectivity index (χ1n) is 8.78. The zero-order valence-electron chi connectivity index (χ0n) is 15.4. The summed E-state index contributed by atoms with van der Waals surface area (Å²) in [6.07, 6.45) is 0.164. The second-order valence-corrected chi connectivity index (χ2v) is 6.40. The summed E-state index contributed by atoms with van der Waals surface area (Å²) in [5.41, 5.74) is 7.57. The van der Waals surface area contributed by atoms with Gasteiger partial charge in [0.25, 0.3) is 0 Å². The number of urea groups is 1. The molecule has 2 aromatic rings. The van der Waals surface area contributed by atoms with Crippen molar-refractivity contribution in [1.82, 2.24) is 4.90 Å². The highest BCUT2D eigenvalue weighted by atomic mass is 19.1. The predicted octanol–water partition coefficient (Wildman–Crippen LogP) is 2.58. The highest BCUT2D eigenvalue weighted by Gasteiger charge is 2.29. The standard InChI is InChI=1S/C20H21FN4O3/c1-28-18(26)8-9-24-10-11-25(20(24)27)15-5-2-13(3-6-15)14-4-7-16(19(22)23)17(21)12-14/h2-7,12H,8-11H2,1H3,(H3,22,23). The minimum absolute atomic E-state index is 0.0649. The van der Waals surface area contributed by atoms with E-state index in [9.17, 15) is 14.0 Å². The molecule has 8 heteroatoms. The SMILES string of the molecule is COC(=O)CCN1CCN(c2ccc(-c3ccc(C(=N)N)c(F)c3)cc2)C1=O. The molecular weight excluding hydrogens is 363 g/mol. The maximum Gasteiger partial charge on any atom is 0.324 e. The maximum absolute atomic E-state index is 14.0. The van der Waals surface area contributed by atoms with Crippen LogP contribution in [0.4, 0.5) is 14.9 Å². The van der Waals surface area contributed by atoms with Crippen molar-refractivity contribution in [2.75, 3.05) is 31.6 Å². The van der Waals surface area contributed by atoms with Crippen molar-refractivity contribution in [3.8, 4) is 11.1 Å². The number of nitrogens with zero attached hydrogens (tertiary/aromatic N) is 2. The number of amidine groups is 1. The molecule has 2 amide bonds. The third kappa shape index (κ3) is 3.95. The molecule has 0 aliphatic carbocycles. The van der Waals surface area contributed by atoms with Crippen molar-refractivity contribution < 1.29 is 18.7 Å². The van der Waals surface area contributed by atoms with Crippen LogP contribution in [0.25, 0.3) is 11.1 Å². The van der Waals surface area contributed by atoms with Gasteiger partial charge in [-0.05, 0) is 35.4 Å². The lowest BCUT2D eigenvalue weighted by molar-refractivity contribution is -0.140. The topological polar surface area (TPSA) is 99.7 Å². The number of hydrogen-bond donors (Lipinski definition) is 2. The number of methoxy groups -OCH3 is 1. The van der Waals surface area contributed by atoms with Crippen molar-refractivity contribution in [2.45, 2.75) is 6.42 Å². The molecule has 1 saturated heterocycles. The molecule has 3 N–H and O–H groups in total. The Balaban J connectivity index is 1.71. The molecule has 0 atom stereocenters. The number of amides is 2. The van der Waals surface area contributed by atoms with Crippen LogP contribution < -0.4 is 10.6 Å². The number of nitrogens with one attached hydrogen (secondary N) is 1. The van der Waals surface area contributed by atoms with Gasteiger partial charge in [-0.2, -0.15) is 0 Å². The first-order chi connectivity index (χ1) is 13.4. The summed E-state index contributed by atoms with van der Waals surface area (Å²) in [5, 5.41) is 7.35. The van der Waals surface area contributed by atoms with Gasteiger partial charge in [-0.25, -0.2) is 9.18 Å². The molecule has 0 aromatic heterocycles. The molecule has 0 saturated carbocycles. The van der Waals surface area contributed by atoms with Crippen LogP contribution in [0.5, 0.6) is 0 Å². The smallest absolute Gasteiger partial charge is 0.324 e. The molecule has 7 nitrogen and oxygen atoms in total. The van der Waals surface area contributed by atoms with Gasteiger partial charge in [0.1, 0.15) is 11.7 Å². The second kappa shape index (κ2) is 8.08. The number of ether oxygens (including phenoxy) is 1. The van der Waals surface area contributed by atoms with Gasteiger partial charge >= 0.3 is 12.0 Å². The van der Waals surface area contributed by atoms with Crippen molar-refractivity contribution >= 4 is 23.5 Å². The van der Waals surface area contributed by atoms with Gasteiger partial charge in [-0.15, -0.1) is 0 Å². The van der Waals surface area contributed by atoms with E-state index in [1.165, 1.54) is 19.2 Å². The van der Waals surface area contributed by atoms with E-state index in [-0.39, 0.29) is 29.8 Å². The summed E-state index contributed by atoms with van der Waals surface area (Å²) >= 11 is 0. The number of hydrogen-bond acceptors (Lipinski definition) is 4. The lowest BCUT2D eigenvalue weighted by atomic mass is 10.0. The highest BCUT2D eigenvalue weighted by Crippen LogP contribution is 2.26. The van der Waals surface area contributed by atoms with Crippen LogP contribution in [-0.2, 0) is 9.53 Å². The van der Waals surface area contributed by atoms with E-state index in [2.05, 4.69) is 4.74 Å². The van der Waals surface area contributed by atoms with Crippen LogP contribution in [-0.4, -0.2) is 49.5 Å². The number of benzene rings is 2. The van der Waals surface area contributed by atoms with Gasteiger partial charge < -0.3 is 15.4 Å². The first kappa shape index (κ1) is 19.3. The Labute approximate surface area is 162 Å². The van der Waals surface area contributed by atoms with E-state index in [0.29, 0.717) is 25.2 Å². The molecule has 0 unspecified atom stereocenters. The summed E-state index contributed by atoms with van der Waals surface area (Å²) in [7, 11) is 1.32. The van der Waals surface area contributed by atoms with E-state index < -0.39 is 5.82 Å². The highest BCUT2D eigenvalue weighted by molar-refractivity contribution is 5.96. The lowest BCUT2D eigenvalue weighted by Gasteiger charge is -2.18. The van der Waals surface area contributed by atoms with Gasteiger partial charge in [-0.3, -0.25) is 15.1 Å². The van der Waals surface area contributed by atoms with Crippen LogP contribution in [0.15, 0.2) is 42.5 Å². The molecule has 3 rings (SSSR count). The Bertz CT molecular complexity index is 914. The summed E-state index contributed by atoms with van der Waals surface area (Å²) in [5.74, 6) is -1.22. The molecule has 0 radical (unpaired) electrons. The Kier molecular flexibility index (Phi) is 5.58. The Morgan fingerprint density at radius 3 is 2.46 bits per heavy atom. The van der Waals surface area contributed by atoms with Crippen LogP contribution in [0.3, 0.4) is 0 Å². The number of halogens is 1. The summed E-state index contributed by atoms with van der Waals surface area (Å²) in [4.78, 5) is 27.0. The van der Waals surface area contributed by atoms with E-state index in [1.807, 2.05) is 12.1 Å². The molecule has 146 valence electrons. The molecule has 0 bridgehead atoms. The third-order valence-electron chi connectivity index (χ3n) is 4.68. The van der Waals surface area contributed by atoms with Crippen LogP contribution in [0.2, 0.25) is 0 Å². The van der Waals surface area contributed by atoms with E-state index >= 15 is 0 Å². The van der Waals surface area contributed by atoms with E-state index in [0.717, 1.165) is 11.3 Å².